The molecule has 3 heterocycles. The largest absolute Gasteiger partial charge is 0.496 e. The van der Waals surface area contributed by atoms with E-state index in [2.05, 4.69) is 15.5 Å². The van der Waals surface area contributed by atoms with E-state index in [1.54, 1.807) is 13.3 Å². The average Bonchev–Trinajstić information content (AvgIpc) is 3.38. The third kappa shape index (κ3) is 3.78. The molecule has 1 aliphatic rings. The zero-order chi connectivity index (χ0) is 18.6. The molecule has 1 fully saturated rings. The van der Waals surface area contributed by atoms with Gasteiger partial charge in [0.1, 0.15) is 11.9 Å². The minimum absolute atomic E-state index is 0.0554. The van der Waals surface area contributed by atoms with Crippen molar-refractivity contribution >= 4 is 5.95 Å². The molecule has 0 spiro atoms. The van der Waals surface area contributed by atoms with Crippen molar-refractivity contribution < 1.29 is 14.0 Å². The van der Waals surface area contributed by atoms with E-state index in [1.165, 1.54) is 0 Å². The molecule has 1 aliphatic heterocycles. The highest BCUT2D eigenvalue weighted by molar-refractivity contribution is 5.61. The Bertz CT molecular complexity index is 919. The van der Waals surface area contributed by atoms with Crippen LogP contribution in [-0.2, 0) is 11.3 Å². The fraction of sp³-hybridized carbons (Fsp3) is 0.350. The van der Waals surface area contributed by atoms with Crippen LogP contribution >= 0.6 is 0 Å². The molecule has 3 aromatic rings. The topological polar surface area (TPSA) is 82.3 Å². The number of rotatable bonds is 6. The van der Waals surface area contributed by atoms with Crippen molar-refractivity contribution in [1.82, 2.24) is 15.1 Å². The van der Waals surface area contributed by atoms with Gasteiger partial charge in [-0.1, -0.05) is 23.4 Å². The van der Waals surface area contributed by atoms with Crippen molar-refractivity contribution in [2.24, 2.45) is 0 Å². The molecule has 0 saturated carbocycles. The summed E-state index contributed by atoms with van der Waals surface area (Å²) in [7, 11) is 1.67. The minimum Gasteiger partial charge on any atom is -0.496 e. The SMILES string of the molecule is COc1ccccc1CNc1ncc(-c2cc(C)no2)c(C2CCCO2)n1. The van der Waals surface area contributed by atoms with Crippen LogP contribution in [0.15, 0.2) is 41.1 Å². The van der Waals surface area contributed by atoms with E-state index in [0.29, 0.717) is 18.3 Å². The van der Waals surface area contributed by atoms with E-state index >= 15 is 0 Å². The van der Waals surface area contributed by atoms with Crippen molar-refractivity contribution in [3.8, 4) is 17.1 Å². The van der Waals surface area contributed by atoms with Gasteiger partial charge in [0.2, 0.25) is 5.95 Å². The third-order valence-corrected chi connectivity index (χ3v) is 4.58. The summed E-state index contributed by atoms with van der Waals surface area (Å²) in [6.07, 6.45) is 3.67. The minimum atomic E-state index is -0.0554. The van der Waals surface area contributed by atoms with Gasteiger partial charge in [0.15, 0.2) is 5.76 Å². The first-order chi connectivity index (χ1) is 13.2. The van der Waals surface area contributed by atoms with Gasteiger partial charge in [0.25, 0.3) is 0 Å². The number of anilines is 1. The van der Waals surface area contributed by atoms with Crippen LogP contribution in [-0.4, -0.2) is 28.8 Å². The standard InChI is InChI=1S/C20H22N4O3/c1-13-10-18(27-24-13)15-12-22-20(23-19(15)17-8-5-9-26-17)21-11-14-6-3-4-7-16(14)25-2/h3-4,6-7,10,12,17H,5,8-9,11H2,1-2H3,(H,21,22,23). The van der Waals surface area contributed by atoms with Crippen molar-refractivity contribution in [1.29, 1.82) is 0 Å². The summed E-state index contributed by atoms with van der Waals surface area (Å²) >= 11 is 0. The molecule has 140 valence electrons. The van der Waals surface area contributed by atoms with Crippen LogP contribution in [0.4, 0.5) is 5.95 Å². The number of hydrogen-bond acceptors (Lipinski definition) is 7. The molecule has 7 heteroatoms. The highest BCUT2D eigenvalue weighted by atomic mass is 16.5. The van der Waals surface area contributed by atoms with Crippen LogP contribution < -0.4 is 10.1 Å². The van der Waals surface area contributed by atoms with Crippen LogP contribution in [0.2, 0.25) is 0 Å². The molecule has 27 heavy (non-hydrogen) atoms. The zero-order valence-electron chi connectivity index (χ0n) is 15.4. The smallest absolute Gasteiger partial charge is 0.223 e. The molecule has 1 unspecified atom stereocenters. The summed E-state index contributed by atoms with van der Waals surface area (Å²) in [6.45, 7) is 3.20. The van der Waals surface area contributed by atoms with Gasteiger partial charge in [-0.2, -0.15) is 0 Å². The first-order valence-corrected chi connectivity index (χ1v) is 9.02. The summed E-state index contributed by atoms with van der Waals surface area (Å²) in [5, 5.41) is 7.26. The van der Waals surface area contributed by atoms with Crippen LogP contribution in [0.5, 0.6) is 5.75 Å². The van der Waals surface area contributed by atoms with Gasteiger partial charge in [-0.15, -0.1) is 0 Å². The fourth-order valence-corrected chi connectivity index (χ4v) is 3.22. The van der Waals surface area contributed by atoms with Gasteiger partial charge in [0.05, 0.1) is 24.1 Å². The first-order valence-electron chi connectivity index (χ1n) is 9.02. The molecule has 0 bridgehead atoms. The third-order valence-electron chi connectivity index (χ3n) is 4.58. The molecule has 1 saturated heterocycles. The zero-order valence-corrected chi connectivity index (χ0v) is 15.4. The number of aromatic nitrogens is 3. The number of para-hydroxylation sites is 1. The second-order valence-corrected chi connectivity index (χ2v) is 6.49. The fourth-order valence-electron chi connectivity index (χ4n) is 3.22. The van der Waals surface area contributed by atoms with E-state index < -0.39 is 0 Å². The van der Waals surface area contributed by atoms with E-state index in [9.17, 15) is 0 Å². The maximum atomic E-state index is 5.86. The van der Waals surface area contributed by atoms with Gasteiger partial charge >= 0.3 is 0 Å². The van der Waals surface area contributed by atoms with E-state index in [4.69, 9.17) is 19.0 Å². The Kier molecular flexibility index (Phi) is 5.02. The Morgan fingerprint density at radius 2 is 2.19 bits per heavy atom. The molecule has 4 rings (SSSR count). The highest BCUT2D eigenvalue weighted by Crippen LogP contribution is 2.35. The summed E-state index contributed by atoms with van der Waals surface area (Å²) in [5.74, 6) is 2.04. The Hall–Kier alpha value is -2.93. The Morgan fingerprint density at radius 3 is 2.93 bits per heavy atom. The van der Waals surface area contributed by atoms with E-state index in [-0.39, 0.29) is 6.10 Å². The van der Waals surface area contributed by atoms with Crippen LogP contribution in [0.3, 0.4) is 0 Å². The highest BCUT2D eigenvalue weighted by Gasteiger charge is 2.25. The van der Waals surface area contributed by atoms with Crippen molar-refractivity contribution in [2.45, 2.75) is 32.4 Å². The average molecular weight is 366 g/mol. The maximum Gasteiger partial charge on any atom is 0.223 e. The van der Waals surface area contributed by atoms with Crippen LogP contribution in [0.25, 0.3) is 11.3 Å². The van der Waals surface area contributed by atoms with Gasteiger partial charge in [-0.25, -0.2) is 9.97 Å². The Balaban J connectivity index is 1.61. The van der Waals surface area contributed by atoms with Crippen LogP contribution in [0.1, 0.15) is 35.9 Å². The first kappa shape index (κ1) is 17.5. The molecule has 1 aromatic carbocycles. The monoisotopic (exact) mass is 366 g/mol. The Labute approximate surface area is 157 Å². The Morgan fingerprint density at radius 1 is 1.30 bits per heavy atom. The number of benzene rings is 1. The van der Waals surface area contributed by atoms with E-state index in [1.807, 2.05) is 37.3 Å². The lowest BCUT2D eigenvalue weighted by Crippen LogP contribution is -2.09. The number of aryl methyl sites for hydroxylation is 1. The number of hydrogen-bond donors (Lipinski definition) is 1. The maximum absolute atomic E-state index is 5.86. The molecular formula is C20H22N4O3. The van der Waals surface area contributed by atoms with Gasteiger partial charge < -0.3 is 19.3 Å². The normalized spacial score (nSPS) is 16.4. The summed E-state index contributed by atoms with van der Waals surface area (Å²) in [5.41, 5.74) is 3.52. The van der Waals surface area contributed by atoms with Crippen molar-refractivity contribution in [3.63, 3.8) is 0 Å². The number of nitrogens with one attached hydrogen (secondary N) is 1. The number of ether oxygens (including phenoxy) is 2. The molecule has 0 radical (unpaired) electrons. The second-order valence-electron chi connectivity index (χ2n) is 6.49. The van der Waals surface area contributed by atoms with Gasteiger partial charge in [-0.3, -0.25) is 0 Å². The quantitative estimate of drug-likeness (QED) is 0.708. The lowest BCUT2D eigenvalue weighted by Gasteiger charge is -2.15. The second kappa shape index (κ2) is 7.75. The van der Waals surface area contributed by atoms with Gasteiger partial charge in [-0.05, 0) is 25.8 Å². The molecule has 0 amide bonds. The lowest BCUT2D eigenvalue weighted by atomic mass is 10.1. The van der Waals surface area contributed by atoms with Crippen molar-refractivity contribution in [3.05, 3.63) is 53.5 Å². The van der Waals surface area contributed by atoms with Gasteiger partial charge in [0, 0.05) is 31.0 Å². The molecule has 1 N–H and O–H groups in total. The molecular weight excluding hydrogens is 344 g/mol. The lowest BCUT2D eigenvalue weighted by molar-refractivity contribution is 0.109. The number of nitrogens with zero attached hydrogens (tertiary/aromatic N) is 3. The summed E-state index contributed by atoms with van der Waals surface area (Å²) in [6, 6.07) is 9.76. The molecule has 2 aromatic heterocycles. The predicted molar refractivity (Wildman–Crippen MR) is 101 cm³/mol. The summed E-state index contributed by atoms with van der Waals surface area (Å²) < 4.78 is 16.7. The molecule has 0 aliphatic carbocycles. The number of methoxy groups -OCH3 is 1. The predicted octanol–water partition coefficient (Wildman–Crippen LogP) is 3.91. The molecule has 7 nitrogen and oxygen atoms in total. The van der Waals surface area contributed by atoms with Crippen molar-refractivity contribution in [2.75, 3.05) is 19.0 Å². The molecule has 1 atom stereocenters. The van der Waals surface area contributed by atoms with E-state index in [0.717, 1.165) is 47.7 Å². The van der Waals surface area contributed by atoms with Crippen LogP contribution in [0, 0.1) is 6.92 Å². The summed E-state index contributed by atoms with van der Waals surface area (Å²) in [4.78, 5) is 9.20.